The molecule has 0 fully saturated rings. The van der Waals surface area contributed by atoms with Gasteiger partial charge < -0.3 is 0 Å². The van der Waals surface area contributed by atoms with E-state index >= 15 is 0 Å². The lowest BCUT2D eigenvalue weighted by Crippen LogP contribution is -1.96. The molecule has 0 aliphatic heterocycles. The van der Waals surface area contributed by atoms with E-state index in [0.29, 0.717) is 5.92 Å². The first-order valence-corrected chi connectivity index (χ1v) is 4.47. The molecule has 13 heavy (non-hydrogen) atoms. The fraction of sp³-hybridized carbons (Fsp3) is 0.444. The van der Waals surface area contributed by atoms with Crippen molar-refractivity contribution < 1.29 is 0 Å². The third-order valence-electron chi connectivity index (χ3n) is 2.36. The van der Waals surface area contributed by atoms with Gasteiger partial charge in [-0.15, -0.1) is 0 Å². The highest BCUT2D eigenvalue weighted by Crippen LogP contribution is 2.22. The summed E-state index contributed by atoms with van der Waals surface area (Å²) in [5.74, 6) is 0.461. The molecule has 2 aromatic heterocycles. The lowest BCUT2D eigenvalue weighted by molar-refractivity contribution is 0.713. The van der Waals surface area contributed by atoms with E-state index in [2.05, 4.69) is 34.0 Å². The van der Waals surface area contributed by atoms with Crippen LogP contribution < -0.4 is 0 Å². The van der Waals surface area contributed by atoms with Crippen LogP contribution in [-0.2, 0) is 0 Å². The maximum absolute atomic E-state index is 4.28. The largest absolute Gasteiger partial charge is 0.261 e. The maximum Gasteiger partial charge on any atom is 0.158 e. The van der Waals surface area contributed by atoms with Gasteiger partial charge in [-0.25, -0.2) is 9.97 Å². The van der Waals surface area contributed by atoms with Crippen molar-refractivity contribution in [3.05, 3.63) is 18.2 Å². The Morgan fingerprint density at radius 1 is 1.46 bits per heavy atom. The zero-order valence-corrected chi connectivity index (χ0v) is 7.78. The number of hydrogen-bond donors (Lipinski definition) is 1. The number of hydrogen-bond acceptors (Lipinski definition) is 3. The van der Waals surface area contributed by atoms with Gasteiger partial charge in [-0.05, 0) is 12.3 Å². The van der Waals surface area contributed by atoms with Gasteiger partial charge in [-0.1, -0.05) is 13.8 Å². The van der Waals surface area contributed by atoms with Crippen molar-refractivity contribution in [2.24, 2.45) is 0 Å². The Kier molecular flexibility index (Phi) is 1.96. The lowest BCUT2D eigenvalue weighted by atomic mass is 10.0. The molecule has 0 saturated heterocycles. The van der Waals surface area contributed by atoms with Gasteiger partial charge in [0.15, 0.2) is 5.65 Å². The van der Waals surface area contributed by atoms with Crippen molar-refractivity contribution in [1.82, 2.24) is 20.2 Å². The Balaban J connectivity index is 2.60. The quantitative estimate of drug-likeness (QED) is 0.759. The molecule has 4 nitrogen and oxygen atoms in total. The van der Waals surface area contributed by atoms with Gasteiger partial charge in [0.25, 0.3) is 0 Å². The summed E-state index contributed by atoms with van der Waals surface area (Å²) >= 11 is 0. The smallest absolute Gasteiger partial charge is 0.158 e. The monoisotopic (exact) mass is 176 g/mol. The molecule has 0 aromatic carbocycles. The fourth-order valence-corrected chi connectivity index (χ4v) is 1.37. The Bertz CT molecular complexity index is 407. The number of nitrogens with one attached hydrogen (secondary N) is 1. The van der Waals surface area contributed by atoms with Crippen LogP contribution in [-0.4, -0.2) is 20.2 Å². The minimum absolute atomic E-state index is 0.461. The van der Waals surface area contributed by atoms with Crippen molar-refractivity contribution in [3.8, 4) is 0 Å². The average Bonchev–Trinajstić information content (AvgIpc) is 2.63. The van der Waals surface area contributed by atoms with Gasteiger partial charge in [0, 0.05) is 0 Å². The molecule has 1 unspecified atom stereocenters. The first kappa shape index (κ1) is 8.16. The molecule has 2 rings (SSSR count). The molecule has 1 N–H and O–H groups in total. The van der Waals surface area contributed by atoms with Crippen LogP contribution in [0.1, 0.15) is 31.9 Å². The maximum atomic E-state index is 4.28. The lowest BCUT2D eigenvalue weighted by Gasteiger charge is -2.07. The van der Waals surface area contributed by atoms with Crippen LogP contribution in [0.3, 0.4) is 0 Å². The molecule has 0 saturated carbocycles. The van der Waals surface area contributed by atoms with E-state index < -0.39 is 0 Å². The van der Waals surface area contributed by atoms with Crippen LogP contribution in [0.4, 0.5) is 0 Å². The molecule has 2 aromatic rings. The molecule has 2 heterocycles. The van der Waals surface area contributed by atoms with Gasteiger partial charge in [0.2, 0.25) is 0 Å². The number of rotatable bonds is 2. The Morgan fingerprint density at radius 2 is 2.31 bits per heavy atom. The number of H-pyrrole nitrogens is 1. The van der Waals surface area contributed by atoms with Crippen LogP contribution in [0.5, 0.6) is 0 Å². The van der Waals surface area contributed by atoms with E-state index in [-0.39, 0.29) is 0 Å². The molecule has 0 amide bonds. The van der Waals surface area contributed by atoms with Gasteiger partial charge in [0.05, 0.1) is 17.3 Å². The number of aromatic amines is 1. The minimum Gasteiger partial charge on any atom is -0.261 e. The molecule has 4 heteroatoms. The predicted octanol–water partition coefficient (Wildman–Crippen LogP) is 1.87. The second-order valence-corrected chi connectivity index (χ2v) is 3.20. The third kappa shape index (κ3) is 1.28. The normalized spacial score (nSPS) is 13.4. The molecular formula is C9H12N4. The van der Waals surface area contributed by atoms with Crippen LogP contribution in [0.25, 0.3) is 11.0 Å². The zero-order valence-electron chi connectivity index (χ0n) is 7.78. The average molecular weight is 176 g/mol. The standard InChI is InChI=1S/C9H12N4/c1-3-6(2)8-7-4-12-13-9(7)11-5-10-8/h4-6H,3H2,1-2H3,(H,10,11,12,13). The highest BCUT2D eigenvalue weighted by atomic mass is 15.1. The molecular weight excluding hydrogens is 164 g/mol. The number of nitrogens with zero attached hydrogens (tertiary/aromatic N) is 3. The van der Waals surface area contributed by atoms with E-state index in [9.17, 15) is 0 Å². The SMILES string of the molecule is CCC(C)c1ncnc2[nH]ncc12. The van der Waals surface area contributed by atoms with Gasteiger partial charge >= 0.3 is 0 Å². The van der Waals surface area contributed by atoms with Crippen molar-refractivity contribution in [2.45, 2.75) is 26.2 Å². The van der Waals surface area contributed by atoms with Crippen molar-refractivity contribution in [2.75, 3.05) is 0 Å². The Labute approximate surface area is 76.4 Å². The highest BCUT2D eigenvalue weighted by Gasteiger charge is 2.10. The van der Waals surface area contributed by atoms with Crippen LogP contribution in [0.15, 0.2) is 12.5 Å². The van der Waals surface area contributed by atoms with E-state index in [1.165, 1.54) is 0 Å². The fourth-order valence-electron chi connectivity index (χ4n) is 1.37. The summed E-state index contributed by atoms with van der Waals surface area (Å²) in [7, 11) is 0. The summed E-state index contributed by atoms with van der Waals surface area (Å²) in [6, 6.07) is 0. The van der Waals surface area contributed by atoms with E-state index in [4.69, 9.17) is 0 Å². The molecule has 0 spiro atoms. The molecule has 0 aliphatic rings. The highest BCUT2D eigenvalue weighted by molar-refractivity contribution is 5.76. The van der Waals surface area contributed by atoms with Crippen molar-refractivity contribution in [1.29, 1.82) is 0 Å². The Hall–Kier alpha value is -1.45. The summed E-state index contributed by atoms with van der Waals surface area (Å²) in [5, 5.41) is 7.83. The Morgan fingerprint density at radius 3 is 3.08 bits per heavy atom. The van der Waals surface area contributed by atoms with E-state index in [0.717, 1.165) is 23.1 Å². The van der Waals surface area contributed by atoms with Gasteiger partial charge in [-0.2, -0.15) is 5.10 Å². The summed E-state index contributed by atoms with van der Waals surface area (Å²) in [4.78, 5) is 8.37. The molecule has 1 atom stereocenters. The third-order valence-corrected chi connectivity index (χ3v) is 2.36. The van der Waals surface area contributed by atoms with Crippen LogP contribution in [0.2, 0.25) is 0 Å². The summed E-state index contributed by atoms with van der Waals surface area (Å²) < 4.78 is 0. The summed E-state index contributed by atoms with van der Waals surface area (Å²) in [5.41, 5.74) is 1.91. The topological polar surface area (TPSA) is 54.5 Å². The van der Waals surface area contributed by atoms with Gasteiger partial charge in [-0.3, -0.25) is 5.10 Å². The first-order chi connectivity index (χ1) is 6.33. The predicted molar refractivity (Wildman–Crippen MR) is 50.4 cm³/mol. The minimum atomic E-state index is 0.461. The zero-order chi connectivity index (χ0) is 9.26. The second-order valence-electron chi connectivity index (χ2n) is 3.20. The number of aromatic nitrogens is 4. The van der Waals surface area contributed by atoms with Gasteiger partial charge in [0.1, 0.15) is 6.33 Å². The molecule has 0 bridgehead atoms. The second kappa shape index (κ2) is 3.12. The molecule has 68 valence electrons. The molecule has 0 aliphatic carbocycles. The van der Waals surface area contributed by atoms with Crippen LogP contribution >= 0.6 is 0 Å². The first-order valence-electron chi connectivity index (χ1n) is 4.47. The number of fused-ring (bicyclic) bond motifs is 1. The van der Waals surface area contributed by atoms with Crippen molar-refractivity contribution >= 4 is 11.0 Å². The molecule has 0 radical (unpaired) electrons. The van der Waals surface area contributed by atoms with Crippen molar-refractivity contribution in [3.63, 3.8) is 0 Å². The van der Waals surface area contributed by atoms with Crippen LogP contribution in [0, 0.1) is 0 Å². The van der Waals surface area contributed by atoms with E-state index in [1.54, 1.807) is 12.5 Å². The summed E-state index contributed by atoms with van der Waals surface area (Å²) in [6.45, 7) is 4.31. The van der Waals surface area contributed by atoms with E-state index in [1.807, 2.05) is 0 Å². The summed E-state index contributed by atoms with van der Waals surface area (Å²) in [6.07, 6.45) is 4.45.